The number of rotatable bonds is 6. The van der Waals surface area contributed by atoms with E-state index in [4.69, 9.17) is 5.73 Å². The third kappa shape index (κ3) is 5.22. The van der Waals surface area contributed by atoms with E-state index in [1.54, 1.807) is 17.5 Å². The van der Waals surface area contributed by atoms with E-state index < -0.39 is 18.6 Å². The monoisotopic (exact) mass is 344 g/mol. The van der Waals surface area contributed by atoms with Crippen LogP contribution in [0.2, 0.25) is 0 Å². The van der Waals surface area contributed by atoms with Crippen LogP contribution in [0.4, 0.5) is 24.5 Å². The number of carbonyl (C=O) groups excluding carboxylic acids is 1. The molecule has 1 amide bonds. The maximum atomic E-state index is 12.3. The molecule has 0 radical (unpaired) electrons. The minimum absolute atomic E-state index is 0.190. The van der Waals surface area contributed by atoms with Crippen molar-refractivity contribution in [1.82, 2.24) is 4.98 Å². The van der Waals surface area contributed by atoms with Crippen molar-refractivity contribution in [3.8, 4) is 0 Å². The zero-order chi connectivity index (χ0) is 16.9. The first-order valence-electron chi connectivity index (χ1n) is 6.74. The predicted octanol–water partition coefficient (Wildman–Crippen LogP) is 2.87. The molecule has 0 bridgehead atoms. The number of para-hydroxylation sites is 2. The van der Waals surface area contributed by atoms with Gasteiger partial charge in [-0.2, -0.15) is 13.2 Å². The fraction of sp³-hybridized carbons (Fsp3) is 0.286. The molecule has 1 aromatic heterocycles. The van der Waals surface area contributed by atoms with Gasteiger partial charge in [-0.1, -0.05) is 12.1 Å². The molecule has 0 saturated carbocycles. The number of anilines is 2. The maximum Gasteiger partial charge on any atom is 0.405 e. The first kappa shape index (κ1) is 17.2. The summed E-state index contributed by atoms with van der Waals surface area (Å²) in [5, 5.41) is 7.15. The van der Waals surface area contributed by atoms with Gasteiger partial charge in [0.2, 0.25) is 0 Å². The van der Waals surface area contributed by atoms with Gasteiger partial charge in [0.25, 0.3) is 5.91 Å². The SMILES string of the molecule is NCCc1nc(C(=O)Nc2ccccc2NCC(F)(F)F)cs1. The van der Waals surface area contributed by atoms with Gasteiger partial charge >= 0.3 is 6.18 Å². The van der Waals surface area contributed by atoms with Crippen molar-refractivity contribution in [1.29, 1.82) is 0 Å². The minimum Gasteiger partial charge on any atom is -0.375 e. The molecule has 1 aromatic carbocycles. The van der Waals surface area contributed by atoms with Crippen LogP contribution in [0, 0.1) is 0 Å². The molecule has 0 aliphatic rings. The van der Waals surface area contributed by atoms with E-state index in [1.807, 2.05) is 0 Å². The second kappa shape index (κ2) is 7.42. The van der Waals surface area contributed by atoms with Crippen LogP contribution in [0.5, 0.6) is 0 Å². The van der Waals surface area contributed by atoms with Crippen molar-refractivity contribution in [3.05, 3.63) is 40.3 Å². The molecule has 0 fully saturated rings. The van der Waals surface area contributed by atoms with Crippen LogP contribution in [-0.2, 0) is 6.42 Å². The largest absolute Gasteiger partial charge is 0.405 e. The summed E-state index contributed by atoms with van der Waals surface area (Å²) in [4.78, 5) is 16.3. The summed E-state index contributed by atoms with van der Waals surface area (Å²) >= 11 is 1.31. The molecule has 124 valence electrons. The summed E-state index contributed by atoms with van der Waals surface area (Å²) in [6.45, 7) is -0.754. The first-order chi connectivity index (χ1) is 10.9. The second-order valence-electron chi connectivity index (χ2n) is 4.63. The van der Waals surface area contributed by atoms with E-state index in [2.05, 4.69) is 15.6 Å². The zero-order valence-corrected chi connectivity index (χ0v) is 12.8. The quantitative estimate of drug-likeness (QED) is 0.753. The van der Waals surface area contributed by atoms with Crippen molar-refractivity contribution in [2.45, 2.75) is 12.6 Å². The Morgan fingerprint density at radius 2 is 1.96 bits per heavy atom. The number of halogens is 3. The Morgan fingerprint density at radius 3 is 2.61 bits per heavy atom. The highest BCUT2D eigenvalue weighted by atomic mass is 32.1. The Hall–Kier alpha value is -2.13. The molecule has 2 rings (SSSR count). The third-order valence-electron chi connectivity index (χ3n) is 2.80. The Labute approximate surface area is 134 Å². The van der Waals surface area contributed by atoms with Crippen LogP contribution in [0.1, 0.15) is 15.5 Å². The maximum absolute atomic E-state index is 12.3. The molecular formula is C14H15F3N4OS. The standard InChI is InChI=1S/C14H15F3N4OS/c15-14(16,17)8-19-9-3-1-2-4-10(9)21-13(22)11-7-23-12(20-11)5-6-18/h1-4,7,19H,5-6,8,18H2,(H,21,22). The Bertz CT molecular complexity index is 672. The van der Waals surface area contributed by atoms with Gasteiger partial charge in [-0.05, 0) is 18.7 Å². The molecule has 0 unspecified atom stereocenters. The summed E-state index contributed by atoms with van der Waals surface area (Å²) in [6.07, 6.45) is -3.77. The number of thiazole rings is 1. The molecule has 23 heavy (non-hydrogen) atoms. The van der Waals surface area contributed by atoms with E-state index in [9.17, 15) is 18.0 Å². The third-order valence-corrected chi connectivity index (χ3v) is 3.71. The predicted molar refractivity (Wildman–Crippen MR) is 83.8 cm³/mol. The van der Waals surface area contributed by atoms with Crippen LogP contribution in [-0.4, -0.2) is 30.2 Å². The lowest BCUT2D eigenvalue weighted by atomic mass is 10.2. The summed E-state index contributed by atoms with van der Waals surface area (Å²) < 4.78 is 36.9. The van der Waals surface area contributed by atoms with Gasteiger partial charge in [0, 0.05) is 11.8 Å². The lowest BCUT2D eigenvalue weighted by Gasteiger charge is -2.13. The van der Waals surface area contributed by atoms with Crippen molar-refractivity contribution in [2.75, 3.05) is 23.7 Å². The fourth-order valence-electron chi connectivity index (χ4n) is 1.78. The summed E-state index contributed by atoms with van der Waals surface area (Å²) in [5.41, 5.74) is 6.09. The lowest BCUT2D eigenvalue weighted by Crippen LogP contribution is -2.22. The number of nitrogens with two attached hydrogens (primary N) is 1. The summed E-state index contributed by atoms with van der Waals surface area (Å²) in [6, 6.07) is 6.18. The highest BCUT2D eigenvalue weighted by Crippen LogP contribution is 2.24. The molecule has 0 aliphatic carbocycles. The van der Waals surface area contributed by atoms with Crippen LogP contribution in [0.25, 0.3) is 0 Å². The van der Waals surface area contributed by atoms with Crippen molar-refractivity contribution < 1.29 is 18.0 Å². The van der Waals surface area contributed by atoms with Gasteiger partial charge in [0.15, 0.2) is 0 Å². The van der Waals surface area contributed by atoms with E-state index in [0.29, 0.717) is 13.0 Å². The van der Waals surface area contributed by atoms with Gasteiger partial charge in [0.1, 0.15) is 12.2 Å². The van der Waals surface area contributed by atoms with E-state index in [-0.39, 0.29) is 17.1 Å². The molecule has 0 saturated heterocycles. The summed E-state index contributed by atoms with van der Waals surface area (Å²) in [5.74, 6) is -0.481. The van der Waals surface area contributed by atoms with Gasteiger partial charge in [-0.3, -0.25) is 4.79 Å². The smallest absolute Gasteiger partial charge is 0.375 e. The number of hydrogen-bond donors (Lipinski definition) is 3. The molecule has 1 heterocycles. The number of benzene rings is 1. The van der Waals surface area contributed by atoms with Crippen LogP contribution in [0.3, 0.4) is 0 Å². The molecule has 9 heteroatoms. The van der Waals surface area contributed by atoms with E-state index >= 15 is 0 Å². The zero-order valence-electron chi connectivity index (χ0n) is 12.0. The molecule has 0 spiro atoms. The lowest BCUT2D eigenvalue weighted by molar-refractivity contribution is -0.115. The highest BCUT2D eigenvalue weighted by Gasteiger charge is 2.27. The Balaban J connectivity index is 2.08. The molecular weight excluding hydrogens is 329 g/mol. The average Bonchev–Trinajstić information content (AvgIpc) is 2.95. The number of amides is 1. The topological polar surface area (TPSA) is 80.0 Å². The van der Waals surface area contributed by atoms with Crippen LogP contribution < -0.4 is 16.4 Å². The van der Waals surface area contributed by atoms with Gasteiger partial charge in [-0.25, -0.2) is 4.98 Å². The van der Waals surface area contributed by atoms with Crippen LogP contribution >= 0.6 is 11.3 Å². The Kier molecular flexibility index (Phi) is 5.56. The first-order valence-corrected chi connectivity index (χ1v) is 7.62. The van der Waals surface area contributed by atoms with Gasteiger partial charge in [0.05, 0.1) is 16.4 Å². The molecule has 0 atom stereocenters. The number of nitrogens with one attached hydrogen (secondary N) is 2. The summed E-state index contributed by atoms with van der Waals surface area (Å²) in [7, 11) is 0. The average molecular weight is 344 g/mol. The van der Waals surface area contributed by atoms with Crippen molar-refractivity contribution >= 4 is 28.6 Å². The number of alkyl halides is 3. The minimum atomic E-state index is -4.34. The number of carbonyl (C=O) groups is 1. The number of hydrogen-bond acceptors (Lipinski definition) is 5. The number of nitrogens with zero attached hydrogens (tertiary/aromatic N) is 1. The Morgan fingerprint density at radius 1 is 1.26 bits per heavy atom. The van der Waals surface area contributed by atoms with Gasteiger partial charge < -0.3 is 16.4 Å². The fourth-order valence-corrected chi connectivity index (χ4v) is 2.58. The molecule has 5 nitrogen and oxygen atoms in total. The molecule has 4 N–H and O–H groups in total. The molecule has 0 aliphatic heterocycles. The van der Waals surface area contributed by atoms with Crippen molar-refractivity contribution in [3.63, 3.8) is 0 Å². The van der Waals surface area contributed by atoms with Gasteiger partial charge in [-0.15, -0.1) is 11.3 Å². The van der Waals surface area contributed by atoms with Crippen molar-refractivity contribution in [2.24, 2.45) is 5.73 Å². The van der Waals surface area contributed by atoms with E-state index in [0.717, 1.165) is 5.01 Å². The molecule has 2 aromatic rings. The van der Waals surface area contributed by atoms with E-state index in [1.165, 1.54) is 23.5 Å². The normalized spacial score (nSPS) is 11.3. The second-order valence-corrected chi connectivity index (χ2v) is 5.58. The number of aromatic nitrogens is 1. The highest BCUT2D eigenvalue weighted by molar-refractivity contribution is 7.09. The van der Waals surface area contributed by atoms with Crippen LogP contribution in [0.15, 0.2) is 29.6 Å².